The summed E-state index contributed by atoms with van der Waals surface area (Å²) in [6.07, 6.45) is 10.1. The lowest BCUT2D eigenvalue weighted by molar-refractivity contribution is -0.141. The molecule has 1 aliphatic heterocycles. The van der Waals surface area contributed by atoms with E-state index in [0.29, 0.717) is 6.54 Å². The first-order chi connectivity index (χ1) is 10.7. The largest absolute Gasteiger partial charge is 0.480 e. The molecule has 0 unspecified atom stereocenters. The van der Waals surface area contributed by atoms with Crippen LogP contribution in [0.2, 0.25) is 0 Å². The molecule has 22 heavy (non-hydrogen) atoms. The van der Waals surface area contributed by atoms with Crippen molar-refractivity contribution in [3.05, 3.63) is 30.6 Å². The van der Waals surface area contributed by atoms with Crippen LogP contribution in [-0.4, -0.2) is 58.2 Å². The average Bonchev–Trinajstić information content (AvgIpc) is 2.78. The molecular formula is C16H24N4O2. The number of carboxylic acids is 1. The first-order valence-corrected chi connectivity index (χ1v) is 7.88. The highest BCUT2D eigenvalue weighted by molar-refractivity contribution is 5.75. The summed E-state index contributed by atoms with van der Waals surface area (Å²) < 4.78 is 0. The molecule has 0 saturated carbocycles. The van der Waals surface area contributed by atoms with E-state index in [0.717, 1.165) is 44.8 Å². The predicted molar refractivity (Wildman–Crippen MR) is 85.9 cm³/mol. The van der Waals surface area contributed by atoms with E-state index in [1.54, 1.807) is 18.5 Å². The van der Waals surface area contributed by atoms with Crippen LogP contribution in [0.5, 0.6) is 0 Å². The number of carbonyl (C=O) groups is 1. The Morgan fingerprint density at radius 2 is 2.09 bits per heavy atom. The molecule has 0 bridgehead atoms. The molecule has 0 spiro atoms. The lowest BCUT2D eigenvalue weighted by Crippen LogP contribution is -2.42. The second-order valence-electron chi connectivity index (χ2n) is 5.43. The highest BCUT2D eigenvalue weighted by Crippen LogP contribution is 2.13. The van der Waals surface area contributed by atoms with Gasteiger partial charge in [0.1, 0.15) is 6.04 Å². The fourth-order valence-corrected chi connectivity index (χ4v) is 2.62. The Labute approximate surface area is 131 Å². The molecule has 0 aliphatic carbocycles. The number of hydrogen-bond acceptors (Lipinski definition) is 5. The Hall–Kier alpha value is -1.95. The van der Waals surface area contributed by atoms with Gasteiger partial charge in [-0.3, -0.25) is 9.69 Å². The number of carboxylic acid groups (broad SMARTS) is 1. The zero-order valence-electron chi connectivity index (χ0n) is 13.1. The number of unbranched alkanes of at least 4 members (excludes halogenated alkanes) is 1. The van der Waals surface area contributed by atoms with Gasteiger partial charge in [-0.2, -0.15) is 0 Å². The van der Waals surface area contributed by atoms with Crippen molar-refractivity contribution < 1.29 is 9.90 Å². The van der Waals surface area contributed by atoms with Crippen molar-refractivity contribution in [1.29, 1.82) is 0 Å². The van der Waals surface area contributed by atoms with Crippen LogP contribution >= 0.6 is 0 Å². The first-order valence-electron chi connectivity index (χ1n) is 7.88. The van der Waals surface area contributed by atoms with Crippen molar-refractivity contribution in [3.8, 4) is 0 Å². The van der Waals surface area contributed by atoms with Gasteiger partial charge in [0.05, 0.1) is 0 Å². The predicted octanol–water partition coefficient (Wildman–Crippen LogP) is 1.80. The number of hydrogen-bond donors (Lipinski definition) is 1. The molecule has 2 heterocycles. The normalized spacial score (nSPS) is 18.3. The van der Waals surface area contributed by atoms with Gasteiger partial charge in [-0.15, -0.1) is 0 Å². The average molecular weight is 304 g/mol. The van der Waals surface area contributed by atoms with Crippen LogP contribution in [0.3, 0.4) is 0 Å². The monoisotopic (exact) mass is 304 g/mol. The minimum Gasteiger partial charge on any atom is -0.480 e. The Bertz CT molecular complexity index is 492. The Morgan fingerprint density at radius 3 is 2.77 bits per heavy atom. The molecule has 1 aromatic heterocycles. The molecule has 0 radical (unpaired) electrons. The summed E-state index contributed by atoms with van der Waals surface area (Å²) >= 11 is 0. The van der Waals surface area contributed by atoms with E-state index >= 15 is 0 Å². The van der Waals surface area contributed by atoms with E-state index in [2.05, 4.69) is 21.8 Å². The smallest absolute Gasteiger partial charge is 0.324 e. The molecule has 0 aromatic carbocycles. The van der Waals surface area contributed by atoms with Gasteiger partial charge in [0, 0.05) is 38.6 Å². The van der Waals surface area contributed by atoms with Gasteiger partial charge in [0.2, 0.25) is 5.95 Å². The summed E-state index contributed by atoms with van der Waals surface area (Å²) in [5.74, 6) is -0.0606. The van der Waals surface area contributed by atoms with Crippen LogP contribution in [0.25, 0.3) is 0 Å². The second kappa shape index (κ2) is 8.48. The minimum absolute atomic E-state index is 0.539. The summed E-state index contributed by atoms with van der Waals surface area (Å²) in [7, 11) is 0. The van der Waals surface area contributed by atoms with Crippen LogP contribution in [0.15, 0.2) is 30.6 Å². The standard InChI is InChI=1S/C16H24N4O2/c1-2-3-4-7-14(15(21)22)19-10-6-11-20(13-12-19)16-17-8-5-9-18-16/h4-5,7-9,14H,2-3,6,10-13H2,1H3,(H,21,22)/b7-4+/t14-/m1/s1. The van der Waals surface area contributed by atoms with Crippen LogP contribution in [0.4, 0.5) is 5.95 Å². The maximum Gasteiger partial charge on any atom is 0.324 e. The number of rotatable bonds is 6. The SMILES string of the molecule is CCC/C=C/[C@H](C(=O)O)N1CCCN(c2ncccn2)CC1. The van der Waals surface area contributed by atoms with E-state index in [1.807, 2.05) is 17.1 Å². The number of aliphatic carboxylic acids is 1. The number of allylic oxidation sites excluding steroid dienone is 1. The van der Waals surface area contributed by atoms with Crippen molar-refractivity contribution in [3.63, 3.8) is 0 Å². The third-order valence-corrected chi connectivity index (χ3v) is 3.79. The third kappa shape index (κ3) is 4.53. The molecule has 1 aliphatic rings. The third-order valence-electron chi connectivity index (χ3n) is 3.79. The topological polar surface area (TPSA) is 69.6 Å². The molecule has 1 atom stereocenters. The van der Waals surface area contributed by atoms with E-state index in [4.69, 9.17) is 0 Å². The first kappa shape index (κ1) is 16.4. The van der Waals surface area contributed by atoms with Crippen LogP contribution in [-0.2, 0) is 4.79 Å². The highest BCUT2D eigenvalue weighted by atomic mass is 16.4. The zero-order valence-corrected chi connectivity index (χ0v) is 13.1. The molecule has 0 amide bonds. The lowest BCUT2D eigenvalue weighted by Gasteiger charge is -2.25. The molecule has 6 nitrogen and oxygen atoms in total. The van der Waals surface area contributed by atoms with Crippen molar-refractivity contribution in [2.75, 3.05) is 31.1 Å². The molecule has 6 heteroatoms. The number of anilines is 1. The summed E-state index contributed by atoms with van der Waals surface area (Å²) in [6, 6.07) is 1.26. The molecule has 1 saturated heterocycles. The van der Waals surface area contributed by atoms with E-state index in [9.17, 15) is 9.90 Å². The van der Waals surface area contributed by atoms with Crippen molar-refractivity contribution in [2.45, 2.75) is 32.2 Å². The van der Waals surface area contributed by atoms with Gasteiger partial charge in [0.25, 0.3) is 0 Å². The molecule has 1 fully saturated rings. The van der Waals surface area contributed by atoms with Gasteiger partial charge in [-0.25, -0.2) is 9.97 Å². The fraction of sp³-hybridized carbons (Fsp3) is 0.562. The summed E-state index contributed by atoms with van der Waals surface area (Å²) in [4.78, 5) is 24.2. The maximum atomic E-state index is 11.5. The van der Waals surface area contributed by atoms with Crippen molar-refractivity contribution >= 4 is 11.9 Å². The second-order valence-corrected chi connectivity index (χ2v) is 5.43. The number of aromatic nitrogens is 2. The van der Waals surface area contributed by atoms with Gasteiger partial charge in [0.15, 0.2) is 0 Å². The van der Waals surface area contributed by atoms with E-state index in [-0.39, 0.29) is 0 Å². The van der Waals surface area contributed by atoms with Gasteiger partial charge >= 0.3 is 5.97 Å². The van der Waals surface area contributed by atoms with E-state index < -0.39 is 12.0 Å². The Kier molecular flexibility index (Phi) is 6.33. The van der Waals surface area contributed by atoms with Gasteiger partial charge < -0.3 is 10.0 Å². The van der Waals surface area contributed by atoms with Gasteiger partial charge in [-0.1, -0.05) is 25.5 Å². The molecule has 120 valence electrons. The Morgan fingerprint density at radius 1 is 1.32 bits per heavy atom. The number of nitrogens with zero attached hydrogens (tertiary/aromatic N) is 4. The molecular weight excluding hydrogens is 280 g/mol. The molecule has 1 aromatic rings. The lowest BCUT2D eigenvalue weighted by atomic mass is 10.2. The molecule has 1 N–H and O–H groups in total. The van der Waals surface area contributed by atoms with Gasteiger partial charge in [-0.05, 0) is 18.9 Å². The summed E-state index contributed by atoms with van der Waals surface area (Å²) in [6.45, 7) is 5.16. The van der Waals surface area contributed by atoms with Crippen molar-refractivity contribution in [1.82, 2.24) is 14.9 Å². The highest BCUT2D eigenvalue weighted by Gasteiger charge is 2.25. The quantitative estimate of drug-likeness (QED) is 0.808. The van der Waals surface area contributed by atoms with Crippen LogP contribution in [0, 0.1) is 0 Å². The Balaban J connectivity index is 2.00. The minimum atomic E-state index is -0.781. The zero-order chi connectivity index (χ0) is 15.8. The van der Waals surface area contributed by atoms with Crippen molar-refractivity contribution in [2.24, 2.45) is 0 Å². The van der Waals surface area contributed by atoms with Crippen LogP contribution in [0.1, 0.15) is 26.2 Å². The summed E-state index contributed by atoms with van der Waals surface area (Å²) in [5.41, 5.74) is 0. The maximum absolute atomic E-state index is 11.5. The fourth-order valence-electron chi connectivity index (χ4n) is 2.62. The summed E-state index contributed by atoms with van der Waals surface area (Å²) in [5, 5.41) is 9.47. The molecule has 2 rings (SSSR count). The van der Waals surface area contributed by atoms with E-state index in [1.165, 1.54) is 0 Å². The van der Waals surface area contributed by atoms with Crippen LogP contribution < -0.4 is 4.90 Å².